The molecule has 2 aliphatic carbocycles. The number of carbonyl (C=O) groups is 1. The van der Waals surface area contributed by atoms with Gasteiger partial charge in [-0.25, -0.2) is 0 Å². The molecular weight excluding hydrogens is 276 g/mol. The lowest BCUT2D eigenvalue weighted by Gasteiger charge is -2.30. The molecule has 0 bridgehead atoms. The quantitative estimate of drug-likeness (QED) is 0.752. The Kier molecular flexibility index (Phi) is 3.93. The third kappa shape index (κ3) is 3.18. The van der Waals surface area contributed by atoms with Crippen molar-refractivity contribution in [2.45, 2.75) is 38.5 Å². The fourth-order valence-electron chi connectivity index (χ4n) is 4.46. The number of carbonyl (C=O) groups excluding carboxylic acids is 1. The van der Waals surface area contributed by atoms with Crippen LogP contribution in [0.4, 0.5) is 0 Å². The van der Waals surface area contributed by atoms with Crippen molar-refractivity contribution in [2.24, 2.45) is 23.2 Å². The zero-order chi connectivity index (χ0) is 15.2. The van der Waals surface area contributed by atoms with E-state index >= 15 is 0 Å². The Morgan fingerprint density at radius 2 is 1.91 bits per heavy atom. The Morgan fingerprint density at radius 1 is 1.14 bits per heavy atom. The summed E-state index contributed by atoms with van der Waals surface area (Å²) in [6.07, 6.45) is 7.23. The summed E-state index contributed by atoms with van der Waals surface area (Å²) in [4.78, 5) is 17.0. The van der Waals surface area contributed by atoms with Crippen molar-refractivity contribution in [3.8, 4) is 0 Å². The third-order valence-electron chi connectivity index (χ3n) is 6.25. The monoisotopic (exact) mass is 306 g/mol. The molecule has 0 aromatic carbocycles. The predicted octanol–water partition coefficient (Wildman–Crippen LogP) is 1.99. The molecule has 0 aromatic heterocycles. The zero-order valence-corrected chi connectivity index (χ0v) is 13.9. The van der Waals surface area contributed by atoms with Gasteiger partial charge in [0.1, 0.15) is 0 Å². The van der Waals surface area contributed by atoms with Crippen molar-refractivity contribution in [2.75, 3.05) is 46.4 Å². The fraction of sp³-hybridized carbons (Fsp3) is 0.944. The van der Waals surface area contributed by atoms with Crippen LogP contribution in [0.1, 0.15) is 38.5 Å². The summed E-state index contributed by atoms with van der Waals surface area (Å²) in [7, 11) is 2.22. The number of hydrogen-bond acceptors (Lipinski definition) is 3. The zero-order valence-electron chi connectivity index (χ0n) is 13.9. The molecule has 4 aliphatic rings. The van der Waals surface area contributed by atoms with E-state index in [0.717, 1.165) is 51.7 Å². The Labute approximate surface area is 134 Å². The summed E-state index contributed by atoms with van der Waals surface area (Å²) in [6, 6.07) is 0. The van der Waals surface area contributed by atoms with Crippen molar-refractivity contribution < 1.29 is 9.53 Å². The number of nitrogens with zero attached hydrogens (tertiary/aromatic N) is 2. The molecule has 4 nitrogen and oxygen atoms in total. The molecule has 0 aromatic rings. The number of likely N-dealkylation sites (tertiary alicyclic amines) is 2. The van der Waals surface area contributed by atoms with Gasteiger partial charge in [-0.05, 0) is 51.0 Å². The molecule has 4 rings (SSSR count). The molecule has 4 heteroatoms. The van der Waals surface area contributed by atoms with Gasteiger partial charge in [-0.15, -0.1) is 0 Å². The topological polar surface area (TPSA) is 32.8 Å². The van der Waals surface area contributed by atoms with E-state index in [0.29, 0.717) is 23.2 Å². The maximum absolute atomic E-state index is 12.4. The number of hydrogen-bond donors (Lipinski definition) is 0. The summed E-state index contributed by atoms with van der Waals surface area (Å²) < 4.78 is 6.02. The average Bonchev–Trinajstić information content (AvgIpc) is 3.39. The first-order valence-corrected chi connectivity index (χ1v) is 9.19. The second-order valence-corrected chi connectivity index (χ2v) is 8.45. The molecule has 2 heterocycles. The highest BCUT2D eigenvalue weighted by molar-refractivity contribution is 5.77. The van der Waals surface area contributed by atoms with Crippen LogP contribution < -0.4 is 0 Å². The van der Waals surface area contributed by atoms with Gasteiger partial charge < -0.3 is 14.5 Å². The molecule has 0 radical (unpaired) electrons. The summed E-state index contributed by atoms with van der Waals surface area (Å²) in [6.45, 7) is 6.07. The summed E-state index contributed by atoms with van der Waals surface area (Å²) in [5, 5.41) is 0. The molecule has 1 spiro atoms. The van der Waals surface area contributed by atoms with Crippen LogP contribution in [0.2, 0.25) is 0 Å². The van der Waals surface area contributed by atoms with Crippen LogP contribution in [-0.2, 0) is 9.53 Å². The minimum atomic E-state index is 0.303. The molecule has 4 fully saturated rings. The van der Waals surface area contributed by atoms with Gasteiger partial charge in [0.15, 0.2) is 0 Å². The van der Waals surface area contributed by atoms with E-state index in [9.17, 15) is 4.79 Å². The lowest BCUT2D eigenvalue weighted by atomic mass is 9.77. The van der Waals surface area contributed by atoms with E-state index in [2.05, 4.69) is 16.8 Å². The van der Waals surface area contributed by atoms with E-state index in [-0.39, 0.29) is 0 Å². The van der Waals surface area contributed by atoms with Crippen molar-refractivity contribution >= 4 is 5.91 Å². The predicted molar refractivity (Wildman–Crippen MR) is 85.5 cm³/mol. The van der Waals surface area contributed by atoms with Crippen LogP contribution in [0.5, 0.6) is 0 Å². The van der Waals surface area contributed by atoms with Crippen molar-refractivity contribution in [3.63, 3.8) is 0 Å². The summed E-state index contributed by atoms with van der Waals surface area (Å²) in [5.74, 6) is 2.56. The normalized spacial score (nSPS) is 35.7. The van der Waals surface area contributed by atoms with Gasteiger partial charge in [0.2, 0.25) is 5.91 Å². The standard InChI is InChI=1S/C18H30N2O2/c1-19-9-16(11-22-10-15-4-5-15)18(12-19)6-7-20(13-18)17(21)8-14-2-3-14/h14-16H,2-13H2,1H3/t16-,18+/m0/s1. The Bertz CT molecular complexity index is 433. The first kappa shape index (κ1) is 14.9. The first-order chi connectivity index (χ1) is 10.6. The van der Waals surface area contributed by atoms with Crippen LogP contribution >= 0.6 is 0 Å². The highest BCUT2D eigenvalue weighted by Crippen LogP contribution is 2.44. The molecule has 0 unspecified atom stereocenters. The molecule has 2 atom stereocenters. The van der Waals surface area contributed by atoms with E-state index in [1.807, 2.05) is 0 Å². The largest absolute Gasteiger partial charge is 0.381 e. The maximum Gasteiger partial charge on any atom is 0.222 e. The van der Waals surface area contributed by atoms with Crippen molar-refractivity contribution in [1.29, 1.82) is 0 Å². The van der Waals surface area contributed by atoms with Gasteiger partial charge in [-0.3, -0.25) is 4.79 Å². The minimum absolute atomic E-state index is 0.303. The minimum Gasteiger partial charge on any atom is -0.381 e. The van der Waals surface area contributed by atoms with Gasteiger partial charge in [0.25, 0.3) is 0 Å². The van der Waals surface area contributed by atoms with Crippen LogP contribution in [-0.4, -0.2) is 62.1 Å². The smallest absolute Gasteiger partial charge is 0.222 e. The SMILES string of the molecule is CN1C[C@@H](COCC2CC2)[C@]2(CCN(C(=O)CC3CC3)C2)C1. The molecule has 124 valence electrons. The van der Waals surface area contributed by atoms with Crippen LogP contribution in [0.15, 0.2) is 0 Å². The molecular formula is C18H30N2O2. The van der Waals surface area contributed by atoms with Crippen LogP contribution in [0, 0.1) is 23.2 Å². The van der Waals surface area contributed by atoms with Crippen molar-refractivity contribution in [3.05, 3.63) is 0 Å². The Morgan fingerprint density at radius 3 is 2.64 bits per heavy atom. The van der Waals surface area contributed by atoms with E-state index in [1.165, 1.54) is 32.1 Å². The second-order valence-electron chi connectivity index (χ2n) is 8.45. The Hall–Kier alpha value is -0.610. The highest BCUT2D eigenvalue weighted by Gasteiger charge is 2.50. The summed E-state index contributed by atoms with van der Waals surface area (Å²) >= 11 is 0. The van der Waals surface area contributed by atoms with E-state index < -0.39 is 0 Å². The van der Waals surface area contributed by atoms with E-state index in [4.69, 9.17) is 4.74 Å². The number of rotatable bonds is 6. The Balaban J connectivity index is 1.34. The van der Waals surface area contributed by atoms with Gasteiger partial charge in [0, 0.05) is 50.5 Å². The third-order valence-corrected chi connectivity index (χ3v) is 6.25. The lowest BCUT2D eigenvalue weighted by molar-refractivity contribution is -0.131. The summed E-state index contributed by atoms with van der Waals surface area (Å²) in [5.41, 5.74) is 0.303. The molecule has 2 aliphatic heterocycles. The highest BCUT2D eigenvalue weighted by atomic mass is 16.5. The van der Waals surface area contributed by atoms with Gasteiger partial charge in [-0.1, -0.05) is 0 Å². The van der Waals surface area contributed by atoms with Gasteiger partial charge in [0.05, 0.1) is 6.61 Å². The number of ether oxygens (including phenoxy) is 1. The molecule has 2 saturated heterocycles. The molecule has 0 N–H and O–H groups in total. The molecule has 22 heavy (non-hydrogen) atoms. The van der Waals surface area contributed by atoms with Gasteiger partial charge >= 0.3 is 0 Å². The molecule has 1 amide bonds. The fourth-order valence-corrected chi connectivity index (χ4v) is 4.46. The first-order valence-electron chi connectivity index (χ1n) is 9.19. The maximum atomic E-state index is 12.4. The average molecular weight is 306 g/mol. The van der Waals surface area contributed by atoms with Crippen LogP contribution in [0.25, 0.3) is 0 Å². The van der Waals surface area contributed by atoms with E-state index in [1.54, 1.807) is 0 Å². The van der Waals surface area contributed by atoms with Crippen LogP contribution in [0.3, 0.4) is 0 Å². The van der Waals surface area contributed by atoms with Crippen molar-refractivity contribution in [1.82, 2.24) is 9.80 Å². The lowest BCUT2D eigenvalue weighted by Crippen LogP contribution is -2.38. The molecule has 2 saturated carbocycles. The number of amides is 1. The van der Waals surface area contributed by atoms with Gasteiger partial charge in [-0.2, -0.15) is 0 Å². The second kappa shape index (κ2) is 5.79.